The number of amides is 2. The first kappa shape index (κ1) is 15.3. The van der Waals surface area contributed by atoms with Gasteiger partial charge in [-0.25, -0.2) is 4.79 Å². The van der Waals surface area contributed by atoms with Crippen molar-refractivity contribution in [2.75, 3.05) is 25.1 Å². The van der Waals surface area contributed by atoms with E-state index >= 15 is 0 Å². The number of carbonyl (C=O) groups is 1. The van der Waals surface area contributed by atoms with Gasteiger partial charge < -0.3 is 4.74 Å². The number of carbonyl (C=O) groups excluding carboxylic acids is 1. The number of hydrazine groups is 1. The summed E-state index contributed by atoms with van der Waals surface area (Å²) in [4.78, 5) is 14.8. The van der Waals surface area contributed by atoms with E-state index in [2.05, 4.69) is 5.01 Å². The number of benzene rings is 2. The maximum atomic E-state index is 13.0. The van der Waals surface area contributed by atoms with Gasteiger partial charge in [0.25, 0.3) is 0 Å². The Hall–Kier alpha value is -2.24. The molecule has 2 aromatic rings. The Balaban J connectivity index is 1.81. The summed E-state index contributed by atoms with van der Waals surface area (Å²) in [6, 6.07) is 15.3. The number of ether oxygens (including phenoxy) is 1. The van der Waals surface area contributed by atoms with Crippen LogP contribution < -0.4 is 9.64 Å². The Labute approximate surface area is 145 Å². The first-order valence-corrected chi connectivity index (χ1v) is 8.33. The van der Waals surface area contributed by atoms with Crippen molar-refractivity contribution in [3.63, 3.8) is 0 Å². The first-order valence-electron chi connectivity index (χ1n) is 7.96. The molecule has 1 atom stereocenters. The standard InChI is InChI=1S/C18H18ClN3O2/c1-24-16-8-2-5-13(11-16)17-20-9-4-10-21(20)18(23)22(17)15-7-3-6-14(19)12-15/h2-3,5-8,11-12,17H,4,9-10H2,1H3. The van der Waals surface area contributed by atoms with Crippen LogP contribution in [0.15, 0.2) is 48.5 Å². The molecule has 0 radical (unpaired) electrons. The van der Waals surface area contributed by atoms with Gasteiger partial charge >= 0.3 is 6.03 Å². The van der Waals surface area contributed by atoms with E-state index in [1.807, 2.05) is 53.5 Å². The van der Waals surface area contributed by atoms with Gasteiger partial charge in [-0.05, 0) is 42.3 Å². The summed E-state index contributed by atoms with van der Waals surface area (Å²) in [6.07, 6.45) is 0.795. The zero-order valence-electron chi connectivity index (χ0n) is 13.4. The molecule has 2 aliphatic rings. The minimum Gasteiger partial charge on any atom is -0.497 e. The highest BCUT2D eigenvalue weighted by molar-refractivity contribution is 6.30. The van der Waals surface area contributed by atoms with Crippen molar-refractivity contribution < 1.29 is 9.53 Å². The smallest absolute Gasteiger partial charge is 0.340 e. The molecule has 2 fully saturated rings. The molecule has 0 aromatic heterocycles. The molecule has 0 spiro atoms. The second-order valence-corrected chi connectivity index (χ2v) is 6.36. The molecule has 6 heteroatoms. The Morgan fingerprint density at radius 2 is 1.96 bits per heavy atom. The molecule has 1 unspecified atom stereocenters. The van der Waals surface area contributed by atoms with Gasteiger partial charge in [0.05, 0.1) is 7.11 Å². The van der Waals surface area contributed by atoms with Gasteiger partial charge in [0.1, 0.15) is 11.9 Å². The molecule has 2 aliphatic heterocycles. The Bertz CT molecular complexity index is 782. The summed E-state index contributed by atoms with van der Waals surface area (Å²) >= 11 is 6.15. The van der Waals surface area contributed by atoms with Gasteiger partial charge in [-0.1, -0.05) is 29.8 Å². The normalized spacial score (nSPS) is 20.6. The van der Waals surface area contributed by atoms with E-state index in [4.69, 9.17) is 16.3 Å². The monoisotopic (exact) mass is 343 g/mol. The van der Waals surface area contributed by atoms with E-state index in [0.717, 1.165) is 36.5 Å². The lowest BCUT2D eigenvalue weighted by atomic mass is 10.1. The third-order valence-electron chi connectivity index (χ3n) is 4.50. The van der Waals surface area contributed by atoms with Gasteiger partial charge in [0, 0.05) is 23.8 Å². The van der Waals surface area contributed by atoms with Gasteiger partial charge in [-0.15, -0.1) is 0 Å². The number of hydrogen-bond donors (Lipinski definition) is 0. The van der Waals surface area contributed by atoms with Crippen LogP contribution in [0.25, 0.3) is 0 Å². The number of halogens is 1. The van der Waals surface area contributed by atoms with Gasteiger partial charge in [-0.2, -0.15) is 5.01 Å². The molecule has 0 aliphatic carbocycles. The number of urea groups is 1. The number of rotatable bonds is 3. The van der Waals surface area contributed by atoms with Crippen LogP contribution in [0.4, 0.5) is 10.5 Å². The average Bonchev–Trinajstić information content (AvgIpc) is 3.17. The molecule has 0 saturated carbocycles. The molecule has 4 rings (SSSR count). The summed E-state index contributed by atoms with van der Waals surface area (Å²) in [5, 5.41) is 4.56. The zero-order valence-corrected chi connectivity index (χ0v) is 14.1. The van der Waals surface area contributed by atoms with E-state index in [1.165, 1.54) is 0 Å². The zero-order chi connectivity index (χ0) is 16.7. The molecule has 2 amide bonds. The number of methoxy groups -OCH3 is 1. The first-order chi connectivity index (χ1) is 11.7. The minimum atomic E-state index is -0.187. The summed E-state index contributed by atoms with van der Waals surface area (Å²) in [7, 11) is 1.65. The molecule has 0 N–H and O–H groups in total. The van der Waals surface area contributed by atoms with Crippen molar-refractivity contribution in [3.8, 4) is 5.75 Å². The third-order valence-corrected chi connectivity index (χ3v) is 4.73. The van der Waals surface area contributed by atoms with Crippen LogP contribution in [0, 0.1) is 0 Å². The SMILES string of the molecule is COc1cccc(C2N(c3cccc(Cl)c3)C(=O)N3CCCN23)c1. The molecule has 0 bridgehead atoms. The van der Waals surface area contributed by atoms with Crippen molar-refractivity contribution in [1.82, 2.24) is 10.0 Å². The molecule has 2 aromatic carbocycles. The van der Waals surface area contributed by atoms with Crippen molar-refractivity contribution in [2.45, 2.75) is 12.6 Å². The van der Waals surface area contributed by atoms with E-state index in [1.54, 1.807) is 12.0 Å². The second kappa shape index (κ2) is 6.00. The van der Waals surface area contributed by atoms with Crippen LogP contribution in [0.1, 0.15) is 18.2 Å². The topological polar surface area (TPSA) is 36.0 Å². The number of hydrogen-bond acceptors (Lipinski definition) is 3. The minimum absolute atomic E-state index is 0.0115. The van der Waals surface area contributed by atoms with Crippen LogP contribution in [-0.2, 0) is 0 Å². The molecule has 2 heterocycles. The van der Waals surface area contributed by atoms with E-state index in [9.17, 15) is 4.79 Å². The van der Waals surface area contributed by atoms with Crippen molar-refractivity contribution in [2.24, 2.45) is 0 Å². The number of anilines is 1. The quantitative estimate of drug-likeness (QED) is 0.847. The largest absolute Gasteiger partial charge is 0.497 e. The lowest BCUT2D eigenvalue weighted by Gasteiger charge is -2.28. The van der Waals surface area contributed by atoms with Crippen molar-refractivity contribution >= 4 is 23.3 Å². The van der Waals surface area contributed by atoms with Gasteiger partial charge in [0.2, 0.25) is 0 Å². The maximum absolute atomic E-state index is 13.0. The van der Waals surface area contributed by atoms with E-state index < -0.39 is 0 Å². The van der Waals surface area contributed by atoms with Crippen molar-refractivity contribution in [3.05, 3.63) is 59.1 Å². The van der Waals surface area contributed by atoms with Crippen LogP contribution in [0.2, 0.25) is 5.02 Å². The lowest BCUT2D eigenvalue weighted by molar-refractivity contribution is 0.0727. The van der Waals surface area contributed by atoms with E-state index in [0.29, 0.717) is 5.02 Å². The molecule has 24 heavy (non-hydrogen) atoms. The molecule has 5 nitrogen and oxygen atoms in total. The average molecular weight is 344 g/mol. The molecule has 2 saturated heterocycles. The highest BCUT2D eigenvalue weighted by Gasteiger charge is 2.47. The predicted molar refractivity (Wildman–Crippen MR) is 93.1 cm³/mol. The highest BCUT2D eigenvalue weighted by Crippen LogP contribution is 2.41. The molecule has 124 valence electrons. The lowest BCUT2D eigenvalue weighted by Crippen LogP contribution is -2.32. The summed E-state index contributed by atoms with van der Waals surface area (Å²) < 4.78 is 5.36. The number of fused-ring (bicyclic) bond motifs is 1. The Morgan fingerprint density at radius 3 is 2.75 bits per heavy atom. The third kappa shape index (κ3) is 2.41. The fourth-order valence-electron chi connectivity index (χ4n) is 3.45. The fraction of sp³-hybridized carbons (Fsp3) is 0.278. The number of nitrogens with zero attached hydrogens (tertiary/aromatic N) is 3. The van der Waals surface area contributed by atoms with Crippen LogP contribution in [0.3, 0.4) is 0 Å². The summed E-state index contributed by atoms with van der Waals surface area (Å²) in [6.45, 7) is 1.60. The summed E-state index contributed by atoms with van der Waals surface area (Å²) in [5.41, 5.74) is 1.82. The van der Waals surface area contributed by atoms with Gasteiger partial charge in [-0.3, -0.25) is 9.91 Å². The second-order valence-electron chi connectivity index (χ2n) is 5.92. The van der Waals surface area contributed by atoms with Crippen molar-refractivity contribution in [1.29, 1.82) is 0 Å². The summed E-state index contributed by atoms with van der Waals surface area (Å²) in [5.74, 6) is 0.781. The molecular weight excluding hydrogens is 326 g/mol. The fourth-order valence-corrected chi connectivity index (χ4v) is 3.64. The Morgan fingerprint density at radius 1 is 1.12 bits per heavy atom. The van der Waals surface area contributed by atoms with Gasteiger partial charge in [0.15, 0.2) is 0 Å². The van der Waals surface area contributed by atoms with E-state index in [-0.39, 0.29) is 12.2 Å². The Kier molecular flexibility index (Phi) is 3.82. The molecular formula is C18H18ClN3O2. The van der Waals surface area contributed by atoms with Crippen LogP contribution in [0.5, 0.6) is 5.75 Å². The predicted octanol–water partition coefficient (Wildman–Crippen LogP) is 3.91. The van der Waals surface area contributed by atoms with Crippen LogP contribution >= 0.6 is 11.6 Å². The van der Waals surface area contributed by atoms with Crippen LogP contribution in [-0.4, -0.2) is 36.2 Å². The maximum Gasteiger partial charge on any atom is 0.340 e. The highest BCUT2D eigenvalue weighted by atomic mass is 35.5.